The third-order valence-electron chi connectivity index (χ3n) is 4.88. The van der Waals surface area contributed by atoms with E-state index in [0.717, 1.165) is 37.9 Å². The Balaban J connectivity index is 1.75. The fraction of sp³-hybridized carbons (Fsp3) is 0.647. The lowest BCUT2D eigenvalue weighted by Crippen LogP contribution is -2.31. The number of carbonyl (C=O) groups is 1. The van der Waals surface area contributed by atoms with Gasteiger partial charge in [-0.1, -0.05) is 12.8 Å². The summed E-state index contributed by atoms with van der Waals surface area (Å²) in [4.78, 5) is 16.0. The van der Waals surface area contributed by atoms with E-state index in [1.54, 1.807) is 6.20 Å². The zero-order valence-corrected chi connectivity index (χ0v) is 13.4. The number of aliphatic hydroxyl groups excluding tert-OH is 1. The van der Waals surface area contributed by atoms with Crippen molar-refractivity contribution in [1.29, 1.82) is 0 Å². The molecular weight excluding hydrogens is 292 g/mol. The summed E-state index contributed by atoms with van der Waals surface area (Å²) in [6.07, 6.45) is 9.64. The summed E-state index contributed by atoms with van der Waals surface area (Å²) in [5.41, 5.74) is 6.59. The summed E-state index contributed by atoms with van der Waals surface area (Å²) < 4.78 is 0. The molecule has 2 aliphatic carbocycles. The highest BCUT2D eigenvalue weighted by molar-refractivity contribution is 5.98. The van der Waals surface area contributed by atoms with Crippen LogP contribution in [0, 0.1) is 0 Å². The lowest BCUT2D eigenvalue weighted by Gasteiger charge is -2.28. The zero-order chi connectivity index (χ0) is 16.2. The van der Waals surface area contributed by atoms with Gasteiger partial charge in [-0.2, -0.15) is 0 Å². The van der Waals surface area contributed by atoms with Crippen molar-refractivity contribution in [2.45, 2.75) is 69.6 Å². The molecule has 126 valence electrons. The van der Waals surface area contributed by atoms with Crippen LogP contribution in [0.1, 0.15) is 61.7 Å². The number of pyridine rings is 1. The van der Waals surface area contributed by atoms with E-state index in [2.05, 4.69) is 15.6 Å². The number of primary amides is 1. The lowest BCUT2D eigenvalue weighted by molar-refractivity contribution is 0.100. The molecule has 1 heterocycles. The highest BCUT2D eigenvalue weighted by atomic mass is 16.3. The van der Waals surface area contributed by atoms with Crippen molar-refractivity contribution in [2.75, 3.05) is 10.6 Å². The number of hydrogen-bond acceptors (Lipinski definition) is 5. The smallest absolute Gasteiger partial charge is 0.252 e. The summed E-state index contributed by atoms with van der Waals surface area (Å²) in [6.45, 7) is 0. The maximum atomic E-state index is 11.7. The number of rotatable bonds is 5. The van der Waals surface area contributed by atoms with E-state index in [-0.39, 0.29) is 12.1 Å². The van der Waals surface area contributed by atoms with Crippen LogP contribution in [0.5, 0.6) is 0 Å². The van der Waals surface area contributed by atoms with Gasteiger partial charge in [0.05, 0.1) is 17.4 Å². The van der Waals surface area contributed by atoms with Crippen LogP contribution in [0.15, 0.2) is 12.3 Å². The fourth-order valence-electron chi connectivity index (χ4n) is 3.64. The molecule has 0 aromatic carbocycles. The molecule has 2 atom stereocenters. The van der Waals surface area contributed by atoms with Gasteiger partial charge in [-0.3, -0.25) is 4.79 Å². The van der Waals surface area contributed by atoms with Gasteiger partial charge >= 0.3 is 0 Å². The lowest BCUT2D eigenvalue weighted by atomic mass is 9.92. The van der Waals surface area contributed by atoms with E-state index in [1.807, 2.05) is 6.07 Å². The van der Waals surface area contributed by atoms with Crippen molar-refractivity contribution in [1.82, 2.24) is 4.98 Å². The molecule has 5 N–H and O–H groups in total. The topological polar surface area (TPSA) is 100 Å². The Morgan fingerprint density at radius 3 is 2.57 bits per heavy atom. The van der Waals surface area contributed by atoms with Crippen molar-refractivity contribution in [3.05, 3.63) is 17.8 Å². The molecule has 2 aliphatic rings. The number of nitrogens with two attached hydrogens (primary N) is 1. The van der Waals surface area contributed by atoms with E-state index in [1.165, 1.54) is 12.8 Å². The van der Waals surface area contributed by atoms with Crippen molar-refractivity contribution in [2.24, 2.45) is 5.73 Å². The van der Waals surface area contributed by atoms with Crippen LogP contribution in [0.25, 0.3) is 0 Å². The summed E-state index contributed by atoms with van der Waals surface area (Å²) in [6, 6.07) is 2.50. The molecule has 2 saturated carbocycles. The van der Waals surface area contributed by atoms with E-state index < -0.39 is 5.91 Å². The number of nitrogens with one attached hydrogen (secondary N) is 2. The van der Waals surface area contributed by atoms with Gasteiger partial charge in [0.15, 0.2) is 0 Å². The van der Waals surface area contributed by atoms with Crippen molar-refractivity contribution in [3.8, 4) is 0 Å². The van der Waals surface area contributed by atoms with E-state index in [4.69, 9.17) is 5.73 Å². The monoisotopic (exact) mass is 318 g/mol. The molecule has 23 heavy (non-hydrogen) atoms. The fourth-order valence-corrected chi connectivity index (χ4v) is 3.64. The first-order valence-electron chi connectivity index (χ1n) is 8.63. The quantitative estimate of drug-likeness (QED) is 0.667. The van der Waals surface area contributed by atoms with Gasteiger partial charge in [0, 0.05) is 24.3 Å². The van der Waals surface area contributed by atoms with E-state index in [9.17, 15) is 9.90 Å². The Morgan fingerprint density at radius 1 is 1.13 bits per heavy atom. The summed E-state index contributed by atoms with van der Waals surface area (Å²) in [5, 5.41) is 16.7. The predicted octanol–water partition coefficient (Wildman–Crippen LogP) is 2.25. The second-order valence-electron chi connectivity index (χ2n) is 6.77. The molecule has 6 heteroatoms. The van der Waals surface area contributed by atoms with Gasteiger partial charge in [0.25, 0.3) is 5.91 Å². The molecule has 6 nitrogen and oxygen atoms in total. The van der Waals surface area contributed by atoms with E-state index >= 15 is 0 Å². The molecule has 0 bridgehead atoms. The van der Waals surface area contributed by atoms with Gasteiger partial charge < -0.3 is 21.5 Å². The first-order valence-corrected chi connectivity index (χ1v) is 8.63. The van der Waals surface area contributed by atoms with Crippen molar-refractivity contribution in [3.63, 3.8) is 0 Å². The van der Waals surface area contributed by atoms with Gasteiger partial charge in [-0.05, 0) is 38.5 Å². The molecule has 0 aliphatic heterocycles. The zero-order valence-electron chi connectivity index (χ0n) is 13.4. The highest BCUT2D eigenvalue weighted by Crippen LogP contribution is 2.27. The van der Waals surface area contributed by atoms with E-state index in [0.29, 0.717) is 23.7 Å². The first kappa shape index (κ1) is 16.1. The Kier molecular flexibility index (Phi) is 5.00. The van der Waals surface area contributed by atoms with Crippen molar-refractivity contribution < 1.29 is 9.90 Å². The molecule has 2 fully saturated rings. The highest BCUT2D eigenvalue weighted by Gasteiger charge is 2.22. The maximum absolute atomic E-state index is 11.7. The molecular formula is C17H26N4O2. The van der Waals surface area contributed by atoms with Gasteiger partial charge in [0.2, 0.25) is 0 Å². The second kappa shape index (κ2) is 7.17. The van der Waals surface area contributed by atoms with Crippen LogP contribution in [0.2, 0.25) is 0 Å². The number of hydrogen-bond donors (Lipinski definition) is 4. The molecule has 1 amide bonds. The van der Waals surface area contributed by atoms with Crippen LogP contribution in [-0.4, -0.2) is 34.2 Å². The SMILES string of the molecule is NC(=O)c1cnc(NC2CCCC2)cc1NC1CCCC(O)C1. The Hall–Kier alpha value is -1.82. The average molecular weight is 318 g/mol. The molecule has 0 saturated heterocycles. The first-order chi connectivity index (χ1) is 11.1. The predicted molar refractivity (Wildman–Crippen MR) is 90.5 cm³/mol. The summed E-state index contributed by atoms with van der Waals surface area (Å²) in [5.74, 6) is 0.296. The Morgan fingerprint density at radius 2 is 1.87 bits per heavy atom. The van der Waals surface area contributed by atoms with Gasteiger partial charge in [0.1, 0.15) is 5.82 Å². The van der Waals surface area contributed by atoms with Crippen molar-refractivity contribution >= 4 is 17.4 Å². The molecule has 0 spiro atoms. The minimum Gasteiger partial charge on any atom is -0.393 e. The van der Waals surface area contributed by atoms with Crippen LogP contribution in [0.3, 0.4) is 0 Å². The number of nitrogens with zero attached hydrogens (tertiary/aromatic N) is 1. The standard InChI is InChI=1S/C17H26N4O2/c18-17(23)14-10-19-16(21-11-4-1-2-5-11)9-15(14)20-12-6-3-7-13(22)8-12/h9-13,22H,1-8H2,(H2,18,23)(H2,19,20,21). The van der Waals surface area contributed by atoms with Crippen LogP contribution in [-0.2, 0) is 0 Å². The Labute approximate surface area is 136 Å². The largest absolute Gasteiger partial charge is 0.393 e. The minimum absolute atomic E-state index is 0.165. The molecule has 1 aromatic rings. The van der Waals surface area contributed by atoms with Crippen LogP contribution >= 0.6 is 0 Å². The molecule has 1 aromatic heterocycles. The average Bonchev–Trinajstić information content (AvgIpc) is 3.00. The minimum atomic E-state index is -0.483. The summed E-state index contributed by atoms with van der Waals surface area (Å²) >= 11 is 0. The van der Waals surface area contributed by atoms with Crippen LogP contribution < -0.4 is 16.4 Å². The second-order valence-corrected chi connectivity index (χ2v) is 6.77. The number of aliphatic hydroxyl groups is 1. The van der Waals surface area contributed by atoms with Gasteiger partial charge in [-0.15, -0.1) is 0 Å². The third kappa shape index (κ3) is 4.13. The molecule has 0 radical (unpaired) electrons. The molecule has 3 rings (SSSR count). The summed E-state index contributed by atoms with van der Waals surface area (Å²) in [7, 11) is 0. The third-order valence-corrected chi connectivity index (χ3v) is 4.88. The number of aromatic nitrogens is 1. The number of carbonyl (C=O) groups excluding carboxylic acids is 1. The normalized spacial score (nSPS) is 25.3. The molecule has 2 unspecified atom stereocenters. The number of amides is 1. The number of anilines is 2. The van der Waals surface area contributed by atoms with Crippen LogP contribution in [0.4, 0.5) is 11.5 Å². The Bertz CT molecular complexity index is 558. The maximum Gasteiger partial charge on any atom is 0.252 e. The van der Waals surface area contributed by atoms with Gasteiger partial charge in [-0.25, -0.2) is 4.98 Å².